The normalized spacial score (nSPS) is 17.5. The lowest BCUT2D eigenvalue weighted by Gasteiger charge is -2.44. The van der Waals surface area contributed by atoms with Crippen LogP contribution in [-0.4, -0.2) is 40.5 Å². The Hall–Kier alpha value is -3.15. The molecule has 8 heteroatoms. The number of aromatic amines is 1. The van der Waals surface area contributed by atoms with Gasteiger partial charge in [-0.25, -0.2) is 4.98 Å². The Bertz CT molecular complexity index is 1150. The molecule has 2 aliphatic heterocycles. The Morgan fingerprint density at radius 2 is 2.17 bits per heavy atom. The third kappa shape index (κ3) is 3.16. The van der Waals surface area contributed by atoms with Crippen LogP contribution in [0, 0.1) is 11.3 Å². The van der Waals surface area contributed by atoms with Gasteiger partial charge in [-0.05, 0) is 42.7 Å². The average Bonchev–Trinajstić information content (AvgIpc) is 3.42. The van der Waals surface area contributed by atoms with Crippen molar-refractivity contribution in [3.05, 3.63) is 58.2 Å². The summed E-state index contributed by atoms with van der Waals surface area (Å²) in [5.74, 6) is 0.442. The maximum Gasteiger partial charge on any atom is 0.270 e. The number of aromatic nitrogens is 2. The number of carbonyl (C=O) groups excluding carboxylic acids is 1. The van der Waals surface area contributed by atoms with Crippen LogP contribution in [-0.2, 0) is 16.8 Å². The molecule has 0 atom stereocenters. The number of nitrogen functional groups attached to an aromatic ring is 1. The molecule has 0 unspecified atom stereocenters. The summed E-state index contributed by atoms with van der Waals surface area (Å²) in [5, 5.41) is 8.98. The van der Waals surface area contributed by atoms with E-state index in [4.69, 9.17) is 15.7 Å². The predicted octanol–water partition coefficient (Wildman–Crippen LogP) is 3.30. The maximum atomic E-state index is 12.8. The van der Waals surface area contributed by atoms with Crippen LogP contribution in [0.3, 0.4) is 0 Å². The minimum atomic E-state index is -0.354. The molecule has 5 heterocycles. The molecule has 3 N–H and O–H groups in total. The topological polar surface area (TPSA) is 108 Å². The minimum Gasteiger partial charge on any atom is -0.384 e. The number of hydrogen-bond donors (Lipinski definition) is 2. The summed E-state index contributed by atoms with van der Waals surface area (Å²) in [7, 11) is 0. The van der Waals surface area contributed by atoms with E-state index in [1.165, 1.54) is 10.4 Å². The number of piperidine rings is 1. The van der Waals surface area contributed by atoms with Crippen molar-refractivity contribution in [3.63, 3.8) is 0 Å². The molecule has 3 aromatic heterocycles. The van der Waals surface area contributed by atoms with E-state index in [-0.39, 0.29) is 11.5 Å². The first-order valence-electron chi connectivity index (χ1n) is 9.96. The van der Waals surface area contributed by atoms with Crippen LogP contribution in [0.5, 0.6) is 0 Å². The largest absolute Gasteiger partial charge is 0.384 e. The highest BCUT2D eigenvalue weighted by atomic mass is 32.1. The summed E-state index contributed by atoms with van der Waals surface area (Å²) in [6.45, 7) is 1.91. The number of pyridine rings is 1. The van der Waals surface area contributed by atoms with E-state index in [0.717, 1.165) is 29.8 Å². The van der Waals surface area contributed by atoms with Crippen molar-refractivity contribution in [2.45, 2.75) is 24.9 Å². The highest BCUT2D eigenvalue weighted by Crippen LogP contribution is 2.46. The SMILES string of the molecule is N#Cc1c[nH]c(C(=O)N2CCC3(CC2)OCCc2sc(-c4cccc(N)n4)cc23)c1. The van der Waals surface area contributed by atoms with Crippen molar-refractivity contribution in [2.75, 3.05) is 25.4 Å². The van der Waals surface area contributed by atoms with Crippen molar-refractivity contribution in [1.29, 1.82) is 5.26 Å². The van der Waals surface area contributed by atoms with Gasteiger partial charge < -0.3 is 20.4 Å². The van der Waals surface area contributed by atoms with Gasteiger partial charge in [0.15, 0.2) is 0 Å². The number of likely N-dealkylation sites (tertiary alicyclic amines) is 1. The molecule has 1 saturated heterocycles. The van der Waals surface area contributed by atoms with Crippen molar-refractivity contribution in [2.24, 2.45) is 0 Å². The lowest BCUT2D eigenvalue weighted by Crippen LogP contribution is -2.48. The van der Waals surface area contributed by atoms with Gasteiger partial charge in [0.2, 0.25) is 0 Å². The van der Waals surface area contributed by atoms with Crippen LogP contribution in [0.25, 0.3) is 10.6 Å². The van der Waals surface area contributed by atoms with E-state index >= 15 is 0 Å². The molecule has 0 saturated carbocycles. The van der Waals surface area contributed by atoms with Gasteiger partial charge in [0, 0.05) is 30.6 Å². The summed E-state index contributed by atoms with van der Waals surface area (Å²) in [6.07, 6.45) is 3.95. The number of fused-ring (bicyclic) bond motifs is 2. The number of hydrogen-bond acceptors (Lipinski definition) is 6. The second kappa shape index (κ2) is 7.27. The molecule has 30 heavy (non-hydrogen) atoms. The van der Waals surface area contributed by atoms with E-state index in [9.17, 15) is 4.79 Å². The molecule has 7 nitrogen and oxygen atoms in total. The van der Waals surface area contributed by atoms with Gasteiger partial charge in [0.05, 0.1) is 28.3 Å². The summed E-state index contributed by atoms with van der Waals surface area (Å²) >= 11 is 1.76. The van der Waals surface area contributed by atoms with Crippen LogP contribution in [0.2, 0.25) is 0 Å². The average molecular weight is 420 g/mol. The lowest BCUT2D eigenvalue weighted by molar-refractivity contribution is -0.0926. The zero-order valence-electron chi connectivity index (χ0n) is 16.4. The molecule has 1 fully saturated rings. The third-order valence-electron chi connectivity index (χ3n) is 5.93. The number of nitrogens with zero attached hydrogens (tertiary/aromatic N) is 3. The molecule has 1 spiro atoms. The Labute approximate surface area is 178 Å². The fraction of sp³-hybridized carbons (Fsp3) is 0.318. The Kier molecular flexibility index (Phi) is 4.57. The first-order valence-corrected chi connectivity index (χ1v) is 10.8. The molecular weight excluding hydrogens is 398 g/mol. The molecule has 0 aromatic carbocycles. The van der Waals surface area contributed by atoms with E-state index in [2.05, 4.69) is 16.0 Å². The van der Waals surface area contributed by atoms with Crippen molar-refractivity contribution in [1.82, 2.24) is 14.9 Å². The molecule has 152 valence electrons. The third-order valence-corrected chi connectivity index (χ3v) is 7.15. The molecule has 0 aliphatic carbocycles. The van der Waals surface area contributed by atoms with Gasteiger partial charge >= 0.3 is 0 Å². The minimum absolute atomic E-state index is 0.0719. The number of carbonyl (C=O) groups is 1. The smallest absolute Gasteiger partial charge is 0.270 e. The van der Waals surface area contributed by atoms with Crippen LogP contribution in [0.1, 0.15) is 39.3 Å². The first-order chi connectivity index (χ1) is 14.6. The molecular formula is C22H21N5O2S. The summed E-state index contributed by atoms with van der Waals surface area (Å²) in [5.41, 5.74) is 8.56. The van der Waals surface area contributed by atoms with E-state index in [1.54, 1.807) is 29.7 Å². The molecule has 0 radical (unpaired) electrons. The Morgan fingerprint density at radius 3 is 2.90 bits per heavy atom. The van der Waals surface area contributed by atoms with Crippen LogP contribution >= 0.6 is 11.3 Å². The standard InChI is InChI=1S/C22H21N5O2S/c23-12-14-10-17(25-13-14)21(28)27-7-5-22(6-8-27)15-11-19(30-18(15)4-9-29-22)16-2-1-3-20(24)26-16/h1-3,10-11,13,25H,4-9H2,(H2,24,26). The Balaban J connectivity index is 1.37. The monoisotopic (exact) mass is 419 g/mol. The highest BCUT2D eigenvalue weighted by Gasteiger charge is 2.43. The number of rotatable bonds is 2. The van der Waals surface area contributed by atoms with Crippen LogP contribution in [0.15, 0.2) is 36.5 Å². The van der Waals surface area contributed by atoms with Crippen molar-refractivity contribution >= 4 is 23.1 Å². The second-order valence-corrected chi connectivity index (χ2v) is 8.83. The molecule has 1 amide bonds. The summed E-state index contributed by atoms with van der Waals surface area (Å²) < 4.78 is 6.33. The number of amides is 1. The first kappa shape index (κ1) is 18.9. The summed E-state index contributed by atoms with van der Waals surface area (Å²) in [4.78, 5) is 24.4. The van der Waals surface area contributed by atoms with E-state index in [0.29, 0.717) is 36.8 Å². The van der Waals surface area contributed by atoms with E-state index < -0.39 is 0 Å². The molecule has 2 aliphatic rings. The van der Waals surface area contributed by atoms with Gasteiger partial charge in [-0.2, -0.15) is 5.26 Å². The van der Waals surface area contributed by atoms with Crippen molar-refractivity contribution < 1.29 is 9.53 Å². The van der Waals surface area contributed by atoms with Gasteiger partial charge in [-0.3, -0.25) is 4.79 Å². The number of anilines is 1. The zero-order valence-corrected chi connectivity index (χ0v) is 17.2. The highest BCUT2D eigenvalue weighted by molar-refractivity contribution is 7.15. The Morgan fingerprint density at radius 1 is 1.33 bits per heavy atom. The number of nitrogens with two attached hydrogens (primary N) is 1. The number of H-pyrrole nitrogens is 1. The number of nitriles is 1. The fourth-order valence-electron chi connectivity index (χ4n) is 4.37. The van der Waals surface area contributed by atoms with Crippen LogP contribution < -0.4 is 5.73 Å². The van der Waals surface area contributed by atoms with Crippen molar-refractivity contribution in [3.8, 4) is 16.6 Å². The van der Waals surface area contributed by atoms with Gasteiger partial charge in [-0.15, -0.1) is 11.3 Å². The second-order valence-electron chi connectivity index (χ2n) is 7.69. The van der Waals surface area contributed by atoms with Gasteiger partial charge in [0.25, 0.3) is 5.91 Å². The molecule has 3 aromatic rings. The number of nitrogens with one attached hydrogen (secondary N) is 1. The summed E-state index contributed by atoms with van der Waals surface area (Å²) in [6, 6.07) is 11.5. The maximum absolute atomic E-state index is 12.8. The predicted molar refractivity (Wildman–Crippen MR) is 114 cm³/mol. The molecule has 0 bridgehead atoms. The number of ether oxygens (including phenoxy) is 1. The fourth-order valence-corrected chi connectivity index (χ4v) is 5.57. The lowest BCUT2D eigenvalue weighted by atomic mass is 9.82. The van der Waals surface area contributed by atoms with E-state index in [1.807, 2.05) is 23.1 Å². The quantitative estimate of drug-likeness (QED) is 0.663. The van der Waals surface area contributed by atoms with Gasteiger partial charge in [0.1, 0.15) is 17.6 Å². The molecule has 5 rings (SSSR count). The number of thiophene rings is 1. The van der Waals surface area contributed by atoms with Gasteiger partial charge in [-0.1, -0.05) is 6.07 Å². The zero-order chi connectivity index (χ0) is 20.7. The van der Waals surface area contributed by atoms with Crippen LogP contribution in [0.4, 0.5) is 5.82 Å².